The number of nitrogens with zero attached hydrogens (tertiary/aromatic N) is 1. The zero-order valence-electron chi connectivity index (χ0n) is 15.6. The van der Waals surface area contributed by atoms with E-state index in [1.807, 2.05) is 6.07 Å². The Bertz CT molecular complexity index is 656. The summed E-state index contributed by atoms with van der Waals surface area (Å²) in [6.07, 6.45) is 11.0. The molecule has 0 spiro atoms. The van der Waals surface area contributed by atoms with Gasteiger partial charge in [0.25, 0.3) is 5.69 Å². The Kier molecular flexibility index (Phi) is 10.9. The van der Waals surface area contributed by atoms with E-state index in [0.29, 0.717) is 11.1 Å². The van der Waals surface area contributed by atoms with Gasteiger partial charge in [-0.3, -0.25) is 10.1 Å². The Morgan fingerprint density at radius 3 is 2.04 bits per heavy atom. The molecule has 0 unspecified atom stereocenters. The third-order valence-electron chi connectivity index (χ3n) is 3.96. The van der Waals surface area contributed by atoms with Crippen molar-refractivity contribution < 1.29 is 4.92 Å². The highest BCUT2D eigenvalue weighted by molar-refractivity contribution is 5.55. The van der Waals surface area contributed by atoms with Crippen LogP contribution in [0.3, 0.4) is 0 Å². The van der Waals surface area contributed by atoms with Crippen molar-refractivity contribution in [2.24, 2.45) is 0 Å². The normalized spacial score (nSPS) is 9.68. The molecule has 0 N–H and O–H groups in total. The van der Waals surface area contributed by atoms with E-state index in [1.165, 1.54) is 38.5 Å². The van der Waals surface area contributed by atoms with Crippen LogP contribution in [0, 0.1) is 33.8 Å². The molecule has 1 rings (SSSR count). The molecule has 0 fully saturated rings. The molecule has 0 saturated heterocycles. The van der Waals surface area contributed by atoms with Gasteiger partial charge in [0.1, 0.15) is 5.56 Å². The van der Waals surface area contributed by atoms with Gasteiger partial charge in [0, 0.05) is 24.5 Å². The van der Waals surface area contributed by atoms with Crippen molar-refractivity contribution in [3.8, 4) is 23.7 Å². The fourth-order valence-corrected chi connectivity index (χ4v) is 2.47. The van der Waals surface area contributed by atoms with Crippen molar-refractivity contribution in [1.29, 1.82) is 0 Å². The number of rotatable bonds is 9. The van der Waals surface area contributed by atoms with Gasteiger partial charge in [0.05, 0.1) is 4.92 Å². The summed E-state index contributed by atoms with van der Waals surface area (Å²) >= 11 is 0. The second-order valence-corrected chi connectivity index (χ2v) is 6.21. The quantitative estimate of drug-likeness (QED) is 0.231. The summed E-state index contributed by atoms with van der Waals surface area (Å²) in [7, 11) is 0. The minimum absolute atomic E-state index is 0.0545. The molecule has 25 heavy (non-hydrogen) atoms. The Hall–Kier alpha value is -2.26. The second-order valence-electron chi connectivity index (χ2n) is 6.21. The SMILES string of the molecule is CCCCCCC#Cc1ccc(C#CCCCCCC)c([N+](=O)[O-])c1. The van der Waals surface area contributed by atoms with E-state index >= 15 is 0 Å². The fraction of sp³-hybridized carbons (Fsp3) is 0.545. The van der Waals surface area contributed by atoms with Crippen LogP contribution in [0.2, 0.25) is 0 Å². The number of nitro groups is 1. The van der Waals surface area contributed by atoms with Crippen LogP contribution in [0.15, 0.2) is 18.2 Å². The van der Waals surface area contributed by atoms with Crippen molar-refractivity contribution in [2.75, 3.05) is 0 Å². The molecule has 0 saturated carbocycles. The average Bonchev–Trinajstić information content (AvgIpc) is 2.61. The lowest BCUT2D eigenvalue weighted by molar-refractivity contribution is -0.385. The molecule has 1 aromatic rings. The highest BCUT2D eigenvalue weighted by Crippen LogP contribution is 2.19. The maximum Gasteiger partial charge on any atom is 0.286 e. The molecule has 0 atom stereocenters. The van der Waals surface area contributed by atoms with E-state index < -0.39 is 0 Å². The van der Waals surface area contributed by atoms with Gasteiger partial charge in [-0.25, -0.2) is 0 Å². The largest absolute Gasteiger partial charge is 0.286 e. The van der Waals surface area contributed by atoms with Gasteiger partial charge in [-0.15, -0.1) is 0 Å². The third kappa shape index (κ3) is 8.96. The molecule has 0 aliphatic carbocycles. The summed E-state index contributed by atoms with van der Waals surface area (Å²) in [5.41, 5.74) is 1.23. The summed E-state index contributed by atoms with van der Waals surface area (Å²) < 4.78 is 0. The highest BCUT2D eigenvalue weighted by atomic mass is 16.6. The van der Waals surface area contributed by atoms with Crippen LogP contribution >= 0.6 is 0 Å². The maximum atomic E-state index is 11.3. The van der Waals surface area contributed by atoms with Gasteiger partial charge < -0.3 is 0 Å². The highest BCUT2D eigenvalue weighted by Gasteiger charge is 2.12. The topological polar surface area (TPSA) is 43.1 Å². The fourth-order valence-electron chi connectivity index (χ4n) is 2.47. The van der Waals surface area contributed by atoms with Crippen LogP contribution in [-0.2, 0) is 0 Å². The first-order valence-electron chi connectivity index (χ1n) is 9.45. The van der Waals surface area contributed by atoms with Gasteiger partial charge in [-0.1, -0.05) is 76.1 Å². The van der Waals surface area contributed by atoms with Crippen molar-refractivity contribution in [3.05, 3.63) is 39.4 Å². The molecule has 134 valence electrons. The Morgan fingerprint density at radius 1 is 0.880 bits per heavy atom. The molecule has 3 heteroatoms. The smallest absolute Gasteiger partial charge is 0.258 e. The minimum atomic E-state index is -0.368. The predicted octanol–water partition coefficient (Wildman–Crippen LogP) is 6.24. The second kappa shape index (κ2) is 13.1. The molecule has 0 heterocycles. The standard InChI is InChI=1S/C22H29NO2/c1-3-5-7-9-11-13-15-20-17-18-21(22(19-20)23(24)25)16-14-12-10-8-6-4-2/h17-19H,3-12H2,1-2H3. The number of hydrogen-bond donors (Lipinski definition) is 0. The molecular weight excluding hydrogens is 310 g/mol. The monoisotopic (exact) mass is 339 g/mol. The number of nitro benzene ring substituents is 1. The minimum Gasteiger partial charge on any atom is -0.258 e. The first-order chi connectivity index (χ1) is 12.2. The molecule has 0 radical (unpaired) electrons. The zero-order chi connectivity index (χ0) is 18.3. The molecule has 0 bridgehead atoms. The molecule has 0 aliphatic rings. The van der Waals surface area contributed by atoms with Crippen molar-refractivity contribution in [1.82, 2.24) is 0 Å². The zero-order valence-corrected chi connectivity index (χ0v) is 15.6. The molecular formula is C22H29NO2. The number of hydrogen-bond acceptors (Lipinski definition) is 2. The summed E-state index contributed by atoms with van der Waals surface area (Å²) in [5, 5.41) is 11.3. The Morgan fingerprint density at radius 2 is 1.48 bits per heavy atom. The van der Waals surface area contributed by atoms with Crippen molar-refractivity contribution >= 4 is 5.69 Å². The Labute approximate surface area is 152 Å². The van der Waals surface area contributed by atoms with Crippen LogP contribution in [-0.4, -0.2) is 4.92 Å². The maximum absolute atomic E-state index is 11.3. The van der Waals surface area contributed by atoms with E-state index in [9.17, 15) is 10.1 Å². The molecule has 1 aromatic carbocycles. The third-order valence-corrected chi connectivity index (χ3v) is 3.96. The van der Waals surface area contributed by atoms with Crippen LogP contribution < -0.4 is 0 Å². The van der Waals surface area contributed by atoms with Gasteiger partial charge >= 0.3 is 0 Å². The number of benzene rings is 1. The van der Waals surface area contributed by atoms with E-state index in [0.717, 1.165) is 25.7 Å². The van der Waals surface area contributed by atoms with Gasteiger partial charge in [-0.05, 0) is 25.0 Å². The first kappa shape index (κ1) is 20.8. The van der Waals surface area contributed by atoms with Crippen molar-refractivity contribution in [3.63, 3.8) is 0 Å². The number of unbranched alkanes of at least 4 members (excludes halogenated alkanes) is 8. The first-order valence-corrected chi connectivity index (χ1v) is 9.45. The summed E-state index contributed by atoms with van der Waals surface area (Å²) in [6, 6.07) is 5.09. The van der Waals surface area contributed by atoms with E-state index in [4.69, 9.17) is 0 Å². The van der Waals surface area contributed by atoms with Crippen LogP contribution in [0.4, 0.5) is 5.69 Å². The Balaban J connectivity index is 2.68. The van der Waals surface area contributed by atoms with E-state index in [-0.39, 0.29) is 10.6 Å². The van der Waals surface area contributed by atoms with Gasteiger partial charge in [-0.2, -0.15) is 0 Å². The summed E-state index contributed by atoms with van der Waals surface area (Å²) in [5.74, 6) is 12.1. The summed E-state index contributed by atoms with van der Waals surface area (Å²) in [6.45, 7) is 4.35. The van der Waals surface area contributed by atoms with E-state index in [1.54, 1.807) is 12.1 Å². The van der Waals surface area contributed by atoms with E-state index in [2.05, 4.69) is 37.5 Å². The predicted molar refractivity (Wildman–Crippen MR) is 104 cm³/mol. The van der Waals surface area contributed by atoms with Crippen molar-refractivity contribution in [2.45, 2.75) is 78.1 Å². The molecule has 0 aromatic heterocycles. The molecule has 3 nitrogen and oxygen atoms in total. The molecule has 0 aliphatic heterocycles. The van der Waals surface area contributed by atoms with Crippen LogP contribution in [0.1, 0.15) is 89.2 Å². The summed E-state index contributed by atoms with van der Waals surface area (Å²) in [4.78, 5) is 10.9. The average molecular weight is 339 g/mol. The lowest BCUT2D eigenvalue weighted by atomic mass is 10.1. The molecule has 0 amide bonds. The van der Waals surface area contributed by atoms with Crippen LogP contribution in [0.25, 0.3) is 0 Å². The van der Waals surface area contributed by atoms with Gasteiger partial charge in [0.2, 0.25) is 0 Å². The lowest BCUT2D eigenvalue weighted by Gasteiger charge is -1.97. The van der Waals surface area contributed by atoms with Gasteiger partial charge in [0.15, 0.2) is 0 Å². The van der Waals surface area contributed by atoms with Crippen LogP contribution in [0.5, 0.6) is 0 Å². The lowest BCUT2D eigenvalue weighted by Crippen LogP contribution is -1.93.